The molecule has 0 saturated carbocycles. The van der Waals surface area contributed by atoms with E-state index >= 15 is 0 Å². The standard InChI is InChI=1S/C26H34N2O6/c1-6-11-27(17-12-15(4)7-8-16(17)5)24(31)22-26-10-9-19(34-26)20(25(32)33)21(26)23(30)28(22)18(13-29)14(2)3/h6-8,12,14,18-22,29H,1,9-11,13H2,2-5H3,(H,32,33)/t18-,19-,20+,21+,22-,26+/m0/s1. The molecule has 1 aromatic rings. The molecule has 3 aliphatic heterocycles. The molecule has 3 fully saturated rings. The molecule has 0 aromatic heterocycles. The third kappa shape index (κ3) is 3.46. The number of carbonyl (C=O) groups excluding carboxylic acids is 2. The van der Waals surface area contributed by atoms with Gasteiger partial charge in [-0.05, 0) is 49.8 Å². The Morgan fingerprint density at radius 2 is 2.06 bits per heavy atom. The van der Waals surface area contributed by atoms with Gasteiger partial charge < -0.3 is 24.7 Å². The van der Waals surface area contributed by atoms with Crippen LogP contribution in [0.2, 0.25) is 0 Å². The molecule has 2 amide bonds. The van der Waals surface area contributed by atoms with Crippen molar-refractivity contribution in [2.45, 2.75) is 64.3 Å². The van der Waals surface area contributed by atoms with Gasteiger partial charge in [0.25, 0.3) is 5.91 Å². The van der Waals surface area contributed by atoms with E-state index in [1.165, 1.54) is 4.90 Å². The highest BCUT2D eigenvalue weighted by atomic mass is 16.5. The second-order valence-corrected chi connectivity index (χ2v) is 10.2. The molecule has 2 bridgehead atoms. The first kappa shape index (κ1) is 24.4. The lowest BCUT2D eigenvalue weighted by Gasteiger charge is -2.40. The van der Waals surface area contributed by atoms with Gasteiger partial charge in [-0.3, -0.25) is 14.4 Å². The molecule has 184 valence electrons. The van der Waals surface area contributed by atoms with Gasteiger partial charge in [0.05, 0.1) is 30.6 Å². The minimum atomic E-state index is -1.22. The van der Waals surface area contributed by atoms with E-state index < -0.39 is 47.5 Å². The predicted molar refractivity (Wildman–Crippen MR) is 126 cm³/mol. The van der Waals surface area contributed by atoms with Crippen molar-refractivity contribution in [3.8, 4) is 0 Å². The van der Waals surface area contributed by atoms with Crippen molar-refractivity contribution < 1.29 is 29.3 Å². The van der Waals surface area contributed by atoms with Gasteiger partial charge in [-0.25, -0.2) is 0 Å². The second kappa shape index (κ2) is 8.82. The maximum atomic E-state index is 14.4. The summed E-state index contributed by atoms with van der Waals surface area (Å²) in [4.78, 5) is 43.4. The second-order valence-electron chi connectivity index (χ2n) is 10.2. The summed E-state index contributed by atoms with van der Waals surface area (Å²) in [5, 5.41) is 20.2. The Labute approximate surface area is 200 Å². The average Bonchev–Trinajstić information content (AvgIpc) is 3.42. The van der Waals surface area contributed by atoms with Crippen molar-refractivity contribution in [3.63, 3.8) is 0 Å². The predicted octanol–water partition coefficient (Wildman–Crippen LogP) is 2.30. The Morgan fingerprint density at radius 3 is 2.65 bits per heavy atom. The Kier molecular flexibility index (Phi) is 6.33. The van der Waals surface area contributed by atoms with Crippen LogP contribution in [0, 0.1) is 31.6 Å². The highest BCUT2D eigenvalue weighted by Gasteiger charge is 2.75. The number of nitrogens with zero attached hydrogens (tertiary/aromatic N) is 2. The molecular formula is C26H34N2O6. The van der Waals surface area contributed by atoms with Gasteiger partial charge in [-0.2, -0.15) is 0 Å². The Balaban J connectivity index is 1.87. The fourth-order valence-corrected chi connectivity index (χ4v) is 6.22. The highest BCUT2D eigenvalue weighted by molar-refractivity contribution is 6.05. The van der Waals surface area contributed by atoms with Crippen LogP contribution < -0.4 is 4.90 Å². The van der Waals surface area contributed by atoms with Gasteiger partial charge in [0.1, 0.15) is 11.6 Å². The zero-order chi connectivity index (χ0) is 24.9. The summed E-state index contributed by atoms with van der Waals surface area (Å²) in [6.07, 6.45) is 1.95. The first-order chi connectivity index (χ1) is 16.1. The first-order valence-corrected chi connectivity index (χ1v) is 11.9. The maximum Gasteiger partial charge on any atom is 0.310 e. The number of likely N-dealkylation sites (tertiary alicyclic amines) is 1. The molecule has 3 heterocycles. The molecule has 3 saturated heterocycles. The molecule has 3 aliphatic rings. The summed E-state index contributed by atoms with van der Waals surface area (Å²) in [7, 11) is 0. The van der Waals surface area contributed by atoms with E-state index in [0.717, 1.165) is 11.1 Å². The molecule has 0 unspecified atom stereocenters. The smallest absolute Gasteiger partial charge is 0.310 e. The van der Waals surface area contributed by atoms with Gasteiger partial charge in [0.2, 0.25) is 5.91 Å². The number of hydrogen-bond donors (Lipinski definition) is 2. The third-order valence-electron chi connectivity index (χ3n) is 7.80. The first-order valence-electron chi connectivity index (χ1n) is 11.9. The van der Waals surface area contributed by atoms with Crippen LogP contribution in [-0.4, -0.2) is 69.8 Å². The summed E-state index contributed by atoms with van der Waals surface area (Å²) in [5.41, 5.74) is 1.37. The van der Waals surface area contributed by atoms with Crippen LogP contribution in [0.15, 0.2) is 30.9 Å². The van der Waals surface area contributed by atoms with Crippen molar-refractivity contribution in [3.05, 3.63) is 42.0 Å². The lowest BCUT2D eigenvalue weighted by molar-refractivity contribution is -0.151. The summed E-state index contributed by atoms with van der Waals surface area (Å²) in [5.74, 6) is -3.93. The summed E-state index contributed by atoms with van der Waals surface area (Å²) in [6.45, 7) is 11.3. The van der Waals surface area contributed by atoms with Crippen LogP contribution in [0.25, 0.3) is 0 Å². The number of carboxylic acid groups (broad SMARTS) is 1. The number of rotatable bonds is 8. The van der Waals surface area contributed by atoms with E-state index in [4.69, 9.17) is 4.74 Å². The molecule has 0 aliphatic carbocycles. The number of hydrogen-bond acceptors (Lipinski definition) is 5. The van der Waals surface area contributed by atoms with E-state index in [1.54, 1.807) is 11.0 Å². The number of fused-ring (bicyclic) bond motifs is 1. The number of amides is 2. The van der Waals surface area contributed by atoms with E-state index in [1.807, 2.05) is 45.9 Å². The number of aliphatic carboxylic acids is 1. The van der Waals surface area contributed by atoms with Crippen molar-refractivity contribution in [1.29, 1.82) is 0 Å². The van der Waals surface area contributed by atoms with Gasteiger partial charge in [0, 0.05) is 12.2 Å². The topological polar surface area (TPSA) is 107 Å². The van der Waals surface area contributed by atoms with Crippen LogP contribution in [-0.2, 0) is 19.1 Å². The Morgan fingerprint density at radius 1 is 1.35 bits per heavy atom. The zero-order valence-corrected chi connectivity index (χ0v) is 20.2. The summed E-state index contributed by atoms with van der Waals surface area (Å²) >= 11 is 0. The maximum absolute atomic E-state index is 14.4. The van der Waals surface area contributed by atoms with Crippen molar-refractivity contribution in [1.82, 2.24) is 4.90 Å². The Bertz CT molecular complexity index is 1020. The van der Waals surface area contributed by atoms with Crippen LogP contribution in [0.5, 0.6) is 0 Å². The minimum Gasteiger partial charge on any atom is -0.481 e. The molecule has 34 heavy (non-hydrogen) atoms. The van der Waals surface area contributed by atoms with Crippen LogP contribution in [0.3, 0.4) is 0 Å². The van der Waals surface area contributed by atoms with E-state index in [2.05, 4.69) is 6.58 Å². The lowest BCUT2D eigenvalue weighted by Crippen LogP contribution is -2.60. The molecule has 0 radical (unpaired) electrons. The van der Waals surface area contributed by atoms with Gasteiger partial charge >= 0.3 is 5.97 Å². The molecular weight excluding hydrogens is 436 g/mol. The van der Waals surface area contributed by atoms with Crippen molar-refractivity contribution >= 4 is 23.5 Å². The molecule has 8 heteroatoms. The fourth-order valence-electron chi connectivity index (χ4n) is 6.22. The van der Waals surface area contributed by atoms with E-state index in [0.29, 0.717) is 18.5 Å². The fraction of sp³-hybridized carbons (Fsp3) is 0.577. The minimum absolute atomic E-state index is 0.145. The monoisotopic (exact) mass is 470 g/mol. The normalized spacial score (nSPS) is 30.5. The molecule has 2 N–H and O–H groups in total. The highest BCUT2D eigenvalue weighted by Crippen LogP contribution is 2.59. The molecule has 1 aromatic carbocycles. The largest absolute Gasteiger partial charge is 0.481 e. The van der Waals surface area contributed by atoms with Crippen molar-refractivity contribution in [2.75, 3.05) is 18.1 Å². The number of carboxylic acids is 1. The number of benzene rings is 1. The number of aryl methyl sites for hydroxylation is 2. The van der Waals surface area contributed by atoms with Gasteiger partial charge in [-0.15, -0.1) is 6.58 Å². The van der Waals surface area contributed by atoms with Gasteiger partial charge in [0.15, 0.2) is 0 Å². The van der Waals surface area contributed by atoms with E-state index in [9.17, 15) is 24.6 Å². The quantitative estimate of drug-likeness (QED) is 0.565. The van der Waals surface area contributed by atoms with Crippen molar-refractivity contribution in [2.24, 2.45) is 17.8 Å². The molecule has 1 spiro atoms. The molecule has 6 atom stereocenters. The lowest BCUT2D eigenvalue weighted by atomic mass is 9.70. The third-order valence-corrected chi connectivity index (χ3v) is 7.80. The number of carbonyl (C=O) groups is 3. The number of ether oxygens (including phenoxy) is 1. The number of aliphatic hydroxyl groups excluding tert-OH is 1. The Hall–Kier alpha value is -2.71. The summed E-state index contributed by atoms with van der Waals surface area (Å²) in [6, 6.07) is 4.16. The van der Waals surface area contributed by atoms with Crippen LogP contribution in [0.4, 0.5) is 5.69 Å². The zero-order valence-electron chi connectivity index (χ0n) is 20.2. The van der Waals surface area contributed by atoms with Crippen LogP contribution in [0.1, 0.15) is 37.8 Å². The van der Waals surface area contributed by atoms with Gasteiger partial charge in [-0.1, -0.05) is 32.1 Å². The number of anilines is 1. The van der Waals surface area contributed by atoms with E-state index in [-0.39, 0.29) is 25.0 Å². The van der Waals surface area contributed by atoms with Crippen LogP contribution >= 0.6 is 0 Å². The molecule has 4 rings (SSSR count). The SMILES string of the molecule is C=CCN(C(=O)[C@@H]1N([C@@H](CO)C(C)C)C(=O)[C@H]2[C@H](C(=O)O)[C@@H]3CC[C@]12O3)c1cc(C)ccc1C. The molecule has 8 nitrogen and oxygen atoms in total. The summed E-state index contributed by atoms with van der Waals surface area (Å²) < 4.78 is 6.29. The number of aliphatic hydroxyl groups is 1. The average molecular weight is 471 g/mol.